The number of benzene rings is 1. The third-order valence-corrected chi connectivity index (χ3v) is 6.57. The fourth-order valence-corrected chi connectivity index (χ4v) is 4.55. The number of fused-ring (bicyclic) bond motifs is 1. The summed E-state index contributed by atoms with van der Waals surface area (Å²) in [7, 11) is 0. The predicted octanol–water partition coefficient (Wildman–Crippen LogP) is 3.19. The Balaban J connectivity index is 2.63. The van der Waals surface area contributed by atoms with Crippen molar-refractivity contribution in [1.29, 1.82) is 0 Å². The summed E-state index contributed by atoms with van der Waals surface area (Å²) in [6.07, 6.45) is 0. The van der Waals surface area contributed by atoms with Crippen LogP contribution in [-0.2, 0) is 5.41 Å². The molecule has 0 unspecified atom stereocenters. The minimum atomic E-state index is -0.0558. The van der Waals surface area contributed by atoms with Crippen molar-refractivity contribution in [2.45, 2.75) is 26.2 Å². The number of rotatable bonds is 0. The Kier molecular flexibility index (Phi) is 2.26. The molecule has 0 bridgehead atoms. The first-order valence-corrected chi connectivity index (χ1v) is 6.89. The van der Waals surface area contributed by atoms with Crippen molar-refractivity contribution in [2.24, 2.45) is 0 Å². The van der Waals surface area contributed by atoms with Gasteiger partial charge in [0, 0.05) is 0 Å². The van der Waals surface area contributed by atoms with E-state index in [0.29, 0.717) is 5.41 Å². The Morgan fingerprint density at radius 2 is 1.77 bits per heavy atom. The zero-order valence-corrected chi connectivity index (χ0v) is 10.6. The molecule has 13 heavy (non-hydrogen) atoms. The molecule has 1 heterocycles. The topological polar surface area (TPSA) is 0 Å². The van der Waals surface area contributed by atoms with Crippen LogP contribution in [0.4, 0.5) is 0 Å². The second-order valence-electron chi connectivity index (χ2n) is 4.40. The van der Waals surface area contributed by atoms with Crippen molar-refractivity contribution in [3.8, 4) is 0 Å². The fourth-order valence-electron chi connectivity index (χ4n) is 1.35. The van der Waals surface area contributed by atoms with Crippen LogP contribution in [-0.4, -0.2) is 20.4 Å². The summed E-state index contributed by atoms with van der Waals surface area (Å²) in [5.41, 5.74) is 0.376. The molecule has 0 aliphatic heterocycles. The van der Waals surface area contributed by atoms with Gasteiger partial charge in [-0.25, -0.2) is 0 Å². The van der Waals surface area contributed by atoms with Gasteiger partial charge in [0.1, 0.15) is 0 Å². The quantitative estimate of drug-likeness (QED) is 0.652. The molecule has 0 atom stereocenters. The molecule has 0 aliphatic rings. The average Bonchev–Trinajstić information content (AvgIpc) is 2.45. The monoisotopic (exact) mass is 288 g/mol. The van der Waals surface area contributed by atoms with Crippen molar-refractivity contribution in [2.75, 3.05) is 0 Å². The summed E-state index contributed by atoms with van der Waals surface area (Å²) in [6.45, 7) is 6.94. The van der Waals surface area contributed by atoms with Crippen LogP contribution in [0.3, 0.4) is 0 Å². The van der Waals surface area contributed by atoms with Crippen molar-refractivity contribution in [3.63, 3.8) is 0 Å². The number of hydrogen-bond donors (Lipinski definition) is 0. The molecule has 0 saturated carbocycles. The Bertz CT molecular complexity index is 385. The minimum absolute atomic E-state index is 0.0558. The van der Waals surface area contributed by atoms with Gasteiger partial charge in [-0.15, -0.1) is 0 Å². The van der Waals surface area contributed by atoms with Gasteiger partial charge in [0.2, 0.25) is 0 Å². The van der Waals surface area contributed by atoms with Gasteiger partial charge >= 0.3 is 89.3 Å². The van der Waals surface area contributed by atoms with Gasteiger partial charge in [0.25, 0.3) is 0 Å². The Morgan fingerprint density at radius 3 is 2.38 bits per heavy atom. The van der Waals surface area contributed by atoms with Gasteiger partial charge in [-0.05, 0) is 0 Å². The van der Waals surface area contributed by atoms with Crippen LogP contribution in [0.2, 0.25) is 0 Å². The Hall–Kier alpha value is -0.250. The summed E-state index contributed by atoms with van der Waals surface area (Å²) in [5.74, 6) is 0. The van der Waals surface area contributed by atoms with Crippen LogP contribution in [0.1, 0.15) is 24.4 Å². The molecule has 0 aliphatic carbocycles. The molecule has 0 fully saturated rings. The van der Waals surface area contributed by atoms with Crippen LogP contribution < -0.4 is 0 Å². The standard InChI is InChI=1S/C12H14Te/c1-12(2,3)11-8-9-6-4-5-7-10(9)13-11/h4-8H,1-3H3. The van der Waals surface area contributed by atoms with E-state index in [1.165, 1.54) is 5.39 Å². The van der Waals surface area contributed by atoms with Crippen LogP contribution >= 0.6 is 0 Å². The molecule has 68 valence electrons. The van der Waals surface area contributed by atoms with Crippen molar-refractivity contribution in [3.05, 3.63) is 33.9 Å². The second-order valence-corrected chi connectivity index (χ2v) is 7.49. The Morgan fingerprint density at radius 1 is 1.08 bits per heavy atom. The normalized spacial score (nSPS) is 12.2. The van der Waals surface area contributed by atoms with Crippen LogP contribution in [0, 0.1) is 0 Å². The fraction of sp³-hybridized carbons (Fsp3) is 0.333. The van der Waals surface area contributed by atoms with E-state index in [2.05, 4.69) is 51.1 Å². The molecule has 2 aromatic rings. The maximum absolute atomic E-state index is 2.40. The van der Waals surface area contributed by atoms with E-state index >= 15 is 0 Å². The average molecular weight is 286 g/mol. The van der Waals surface area contributed by atoms with Crippen LogP contribution in [0.5, 0.6) is 0 Å². The van der Waals surface area contributed by atoms with Crippen molar-refractivity contribution >= 4 is 29.2 Å². The van der Waals surface area contributed by atoms with E-state index in [1.54, 1.807) is 6.98 Å². The van der Waals surface area contributed by atoms with Crippen LogP contribution in [0.15, 0.2) is 30.3 Å². The molecule has 0 radical (unpaired) electrons. The first-order chi connectivity index (χ1) is 6.07. The van der Waals surface area contributed by atoms with Crippen molar-refractivity contribution in [1.82, 2.24) is 0 Å². The number of hydrogen-bond acceptors (Lipinski definition) is 0. The molecule has 0 nitrogen and oxygen atoms in total. The van der Waals surface area contributed by atoms with Gasteiger partial charge < -0.3 is 0 Å². The summed E-state index contributed by atoms with van der Waals surface area (Å²) < 4.78 is 3.29. The van der Waals surface area contributed by atoms with E-state index in [-0.39, 0.29) is 20.4 Å². The zero-order chi connectivity index (χ0) is 9.47. The van der Waals surface area contributed by atoms with Crippen LogP contribution in [0.25, 0.3) is 8.79 Å². The molecular weight excluding hydrogens is 272 g/mol. The summed E-state index contributed by atoms with van der Waals surface area (Å²) in [5, 5.41) is 1.47. The Labute approximate surface area is 89.2 Å². The molecular formula is C12H14Te. The first-order valence-electron chi connectivity index (χ1n) is 4.56. The zero-order valence-electron chi connectivity index (χ0n) is 8.29. The van der Waals surface area contributed by atoms with Gasteiger partial charge in [0.15, 0.2) is 0 Å². The maximum atomic E-state index is 2.40. The first kappa shape index (κ1) is 9.31. The van der Waals surface area contributed by atoms with Gasteiger partial charge in [0.05, 0.1) is 0 Å². The molecule has 1 heteroatoms. The van der Waals surface area contributed by atoms with E-state index < -0.39 is 0 Å². The predicted molar refractivity (Wildman–Crippen MR) is 59.6 cm³/mol. The van der Waals surface area contributed by atoms with E-state index in [1.807, 2.05) is 0 Å². The third kappa shape index (κ3) is 1.82. The molecule has 0 amide bonds. The van der Waals surface area contributed by atoms with Gasteiger partial charge in [-0.1, -0.05) is 0 Å². The third-order valence-electron chi connectivity index (χ3n) is 2.16. The molecule has 0 N–H and O–H groups in total. The van der Waals surface area contributed by atoms with Crippen molar-refractivity contribution < 1.29 is 0 Å². The molecule has 1 aromatic heterocycles. The van der Waals surface area contributed by atoms with E-state index in [9.17, 15) is 0 Å². The van der Waals surface area contributed by atoms with E-state index in [0.717, 1.165) is 0 Å². The SMILES string of the molecule is CC(C)(C)c1cc2ccccc2[te]1. The van der Waals surface area contributed by atoms with E-state index in [4.69, 9.17) is 0 Å². The molecule has 2 rings (SSSR count). The second kappa shape index (κ2) is 3.15. The summed E-state index contributed by atoms with van der Waals surface area (Å²) >= 11 is -0.0558. The molecule has 0 spiro atoms. The summed E-state index contributed by atoms with van der Waals surface area (Å²) in [4.78, 5) is 0. The molecule has 0 saturated heterocycles. The van der Waals surface area contributed by atoms with Gasteiger partial charge in [-0.3, -0.25) is 0 Å². The molecule has 1 aromatic carbocycles. The summed E-state index contributed by atoms with van der Waals surface area (Å²) in [6, 6.07) is 11.2. The van der Waals surface area contributed by atoms with Gasteiger partial charge in [-0.2, -0.15) is 0 Å².